The number of nitrogens with one attached hydrogen (secondary N) is 1. The quantitative estimate of drug-likeness (QED) is 0.615. The van der Waals surface area contributed by atoms with Crippen LogP contribution in [0.3, 0.4) is 0 Å². The van der Waals surface area contributed by atoms with Crippen LogP contribution >= 0.6 is 0 Å². The molecule has 0 aromatic rings. The van der Waals surface area contributed by atoms with E-state index in [1.54, 1.807) is 0 Å². The van der Waals surface area contributed by atoms with E-state index in [1.807, 2.05) is 7.05 Å². The SMILES string of the molecule is CCC(C)C(C)(C)NC. The Balaban J connectivity index is 3.80. The highest BCUT2D eigenvalue weighted by atomic mass is 14.9. The molecule has 0 spiro atoms. The zero-order chi connectivity index (χ0) is 7.49. The zero-order valence-corrected chi connectivity index (χ0v) is 7.28. The van der Waals surface area contributed by atoms with Crippen molar-refractivity contribution in [3.8, 4) is 0 Å². The molecule has 0 aliphatic heterocycles. The standard InChI is InChI=1S/C8H19N/c1-6-7(2)8(3,4)9-5/h7,9H,6H2,1-5H3. The maximum atomic E-state index is 3.29. The Morgan fingerprint density at radius 3 is 2.00 bits per heavy atom. The lowest BCUT2D eigenvalue weighted by Crippen LogP contribution is -2.42. The molecule has 1 atom stereocenters. The summed E-state index contributed by atoms with van der Waals surface area (Å²) in [5.41, 5.74) is 0.300. The monoisotopic (exact) mass is 129 g/mol. The van der Waals surface area contributed by atoms with E-state index in [0.717, 1.165) is 5.92 Å². The first-order valence-electron chi connectivity index (χ1n) is 3.73. The van der Waals surface area contributed by atoms with Gasteiger partial charge in [0.05, 0.1) is 0 Å². The molecule has 0 aliphatic rings. The van der Waals surface area contributed by atoms with Crippen LogP contribution in [0.1, 0.15) is 34.1 Å². The van der Waals surface area contributed by atoms with Crippen LogP contribution < -0.4 is 5.32 Å². The largest absolute Gasteiger partial charge is 0.315 e. The molecule has 9 heavy (non-hydrogen) atoms. The van der Waals surface area contributed by atoms with E-state index < -0.39 is 0 Å². The molecule has 0 fully saturated rings. The highest BCUT2D eigenvalue weighted by Gasteiger charge is 2.20. The van der Waals surface area contributed by atoms with Crippen molar-refractivity contribution in [3.63, 3.8) is 0 Å². The van der Waals surface area contributed by atoms with Crippen molar-refractivity contribution in [2.75, 3.05) is 7.05 Å². The molecule has 1 unspecified atom stereocenters. The molecule has 0 rings (SSSR count). The summed E-state index contributed by atoms with van der Waals surface area (Å²) in [4.78, 5) is 0. The second-order valence-corrected chi connectivity index (χ2v) is 3.28. The van der Waals surface area contributed by atoms with Gasteiger partial charge in [0, 0.05) is 5.54 Å². The minimum Gasteiger partial charge on any atom is -0.315 e. The minimum absolute atomic E-state index is 0.300. The van der Waals surface area contributed by atoms with Crippen LogP contribution in [0.15, 0.2) is 0 Å². The van der Waals surface area contributed by atoms with Crippen molar-refractivity contribution in [3.05, 3.63) is 0 Å². The Labute approximate surface area is 58.8 Å². The van der Waals surface area contributed by atoms with Crippen LogP contribution in [0.4, 0.5) is 0 Å². The summed E-state index contributed by atoms with van der Waals surface area (Å²) >= 11 is 0. The number of hydrogen-bond donors (Lipinski definition) is 1. The molecule has 0 saturated heterocycles. The molecule has 1 nitrogen and oxygen atoms in total. The highest BCUT2D eigenvalue weighted by Crippen LogP contribution is 2.17. The molecule has 0 aromatic carbocycles. The van der Waals surface area contributed by atoms with Crippen molar-refractivity contribution >= 4 is 0 Å². The summed E-state index contributed by atoms with van der Waals surface area (Å²) in [6.07, 6.45) is 1.24. The van der Waals surface area contributed by atoms with E-state index in [0.29, 0.717) is 5.54 Å². The van der Waals surface area contributed by atoms with E-state index >= 15 is 0 Å². The Morgan fingerprint density at radius 2 is 1.89 bits per heavy atom. The van der Waals surface area contributed by atoms with E-state index in [2.05, 4.69) is 33.0 Å². The fraction of sp³-hybridized carbons (Fsp3) is 1.00. The maximum Gasteiger partial charge on any atom is 0.0147 e. The van der Waals surface area contributed by atoms with Gasteiger partial charge in [0.1, 0.15) is 0 Å². The Morgan fingerprint density at radius 1 is 1.44 bits per heavy atom. The summed E-state index contributed by atoms with van der Waals surface area (Å²) in [5.74, 6) is 0.752. The summed E-state index contributed by atoms with van der Waals surface area (Å²) in [7, 11) is 2.02. The molecule has 0 heterocycles. The van der Waals surface area contributed by atoms with Crippen molar-refractivity contribution < 1.29 is 0 Å². The second-order valence-electron chi connectivity index (χ2n) is 3.28. The first-order chi connectivity index (χ1) is 4.04. The van der Waals surface area contributed by atoms with Gasteiger partial charge in [0.25, 0.3) is 0 Å². The van der Waals surface area contributed by atoms with Gasteiger partial charge < -0.3 is 5.32 Å². The fourth-order valence-electron chi connectivity index (χ4n) is 0.757. The van der Waals surface area contributed by atoms with Crippen molar-refractivity contribution in [2.45, 2.75) is 39.7 Å². The zero-order valence-electron chi connectivity index (χ0n) is 7.28. The molecule has 0 saturated carbocycles. The molecular formula is C8H19N. The third-order valence-corrected chi connectivity index (χ3v) is 2.49. The lowest BCUT2D eigenvalue weighted by Gasteiger charge is -2.30. The molecule has 0 amide bonds. The number of rotatable bonds is 3. The molecular weight excluding hydrogens is 110 g/mol. The van der Waals surface area contributed by atoms with Crippen LogP contribution in [0, 0.1) is 5.92 Å². The van der Waals surface area contributed by atoms with Gasteiger partial charge in [-0.2, -0.15) is 0 Å². The van der Waals surface area contributed by atoms with Crippen molar-refractivity contribution in [1.82, 2.24) is 5.32 Å². The van der Waals surface area contributed by atoms with Gasteiger partial charge in [0.2, 0.25) is 0 Å². The van der Waals surface area contributed by atoms with Gasteiger partial charge >= 0.3 is 0 Å². The van der Waals surface area contributed by atoms with E-state index in [-0.39, 0.29) is 0 Å². The van der Waals surface area contributed by atoms with Gasteiger partial charge in [-0.3, -0.25) is 0 Å². The van der Waals surface area contributed by atoms with E-state index in [1.165, 1.54) is 6.42 Å². The van der Waals surface area contributed by atoms with Crippen molar-refractivity contribution in [2.24, 2.45) is 5.92 Å². The Hall–Kier alpha value is -0.0400. The molecule has 0 aromatic heterocycles. The minimum atomic E-state index is 0.300. The molecule has 0 aliphatic carbocycles. The fourth-order valence-corrected chi connectivity index (χ4v) is 0.757. The van der Waals surface area contributed by atoms with Gasteiger partial charge in [-0.15, -0.1) is 0 Å². The number of hydrogen-bond acceptors (Lipinski definition) is 1. The lowest BCUT2D eigenvalue weighted by molar-refractivity contribution is 0.282. The molecule has 1 N–H and O–H groups in total. The summed E-state index contributed by atoms with van der Waals surface area (Å²) in [6.45, 7) is 8.97. The van der Waals surface area contributed by atoms with Crippen molar-refractivity contribution in [1.29, 1.82) is 0 Å². The normalized spacial score (nSPS) is 15.7. The molecule has 1 heteroatoms. The van der Waals surface area contributed by atoms with Gasteiger partial charge in [-0.1, -0.05) is 20.3 Å². The Bertz CT molecular complexity index is 76.6. The van der Waals surface area contributed by atoms with Crippen LogP contribution in [0.2, 0.25) is 0 Å². The summed E-state index contributed by atoms with van der Waals surface area (Å²) < 4.78 is 0. The first kappa shape index (κ1) is 8.96. The van der Waals surface area contributed by atoms with Gasteiger partial charge in [0.15, 0.2) is 0 Å². The third-order valence-electron chi connectivity index (χ3n) is 2.49. The van der Waals surface area contributed by atoms with Crippen LogP contribution in [-0.2, 0) is 0 Å². The van der Waals surface area contributed by atoms with Crippen LogP contribution in [-0.4, -0.2) is 12.6 Å². The highest BCUT2D eigenvalue weighted by molar-refractivity contribution is 4.80. The molecule has 0 bridgehead atoms. The van der Waals surface area contributed by atoms with Gasteiger partial charge in [-0.05, 0) is 26.8 Å². The van der Waals surface area contributed by atoms with E-state index in [9.17, 15) is 0 Å². The van der Waals surface area contributed by atoms with Crippen LogP contribution in [0.25, 0.3) is 0 Å². The average Bonchev–Trinajstić information content (AvgIpc) is 1.86. The van der Waals surface area contributed by atoms with E-state index in [4.69, 9.17) is 0 Å². The van der Waals surface area contributed by atoms with Crippen LogP contribution in [0.5, 0.6) is 0 Å². The average molecular weight is 129 g/mol. The summed E-state index contributed by atoms with van der Waals surface area (Å²) in [5, 5.41) is 3.29. The third kappa shape index (κ3) is 2.35. The smallest absolute Gasteiger partial charge is 0.0147 e. The topological polar surface area (TPSA) is 12.0 Å². The lowest BCUT2D eigenvalue weighted by atomic mass is 9.87. The predicted molar refractivity (Wildman–Crippen MR) is 42.6 cm³/mol. The van der Waals surface area contributed by atoms with Gasteiger partial charge in [-0.25, -0.2) is 0 Å². The predicted octanol–water partition coefficient (Wildman–Crippen LogP) is 2.03. The molecule has 56 valence electrons. The summed E-state index contributed by atoms with van der Waals surface area (Å²) in [6, 6.07) is 0. The Kier molecular flexibility index (Phi) is 3.20. The first-order valence-corrected chi connectivity index (χ1v) is 3.73. The molecule has 0 radical (unpaired) electrons. The second kappa shape index (κ2) is 3.21. The maximum absolute atomic E-state index is 3.29.